The molecule has 2 unspecified atom stereocenters. The molecule has 0 amide bonds. The van der Waals surface area contributed by atoms with Gasteiger partial charge < -0.3 is 10.1 Å². The Balaban J connectivity index is 1.78. The Bertz CT molecular complexity index is 559. The maximum absolute atomic E-state index is 12.6. The van der Waals surface area contributed by atoms with Crippen LogP contribution in [-0.2, 0) is 10.0 Å². The van der Waals surface area contributed by atoms with Gasteiger partial charge in [0.1, 0.15) is 5.75 Å². The monoisotopic (exact) mass is 296 g/mol. The lowest BCUT2D eigenvalue weighted by Crippen LogP contribution is -2.31. The number of hydrogen-bond acceptors (Lipinski definition) is 4. The molecule has 2 heterocycles. The average molecular weight is 296 g/mol. The van der Waals surface area contributed by atoms with Gasteiger partial charge in [0.05, 0.1) is 11.5 Å². The number of rotatable bonds is 4. The summed E-state index contributed by atoms with van der Waals surface area (Å²) in [6, 6.07) is 6.70. The summed E-state index contributed by atoms with van der Waals surface area (Å²) in [6.07, 6.45) is 0. The third kappa shape index (κ3) is 2.43. The Labute approximate surface area is 120 Å². The van der Waals surface area contributed by atoms with Crippen LogP contribution in [0.15, 0.2) is 29.2 Å². The SMILES string of the molecule is CCOc1ccc(S(=O)(=O)N2CC3CNCC3C2)cc1. The molecule has 1 aromatic carbocycles. The van der Waals surface area contributed by atoms with E-state index in [4.69, 9.17) is 4.74 Å². The highest BCUT2D eigenvalue weighted by molar-refractivity contribution is 7.89. The van der Waals surface area contributed by atoms with Crippen molar-refractivity contribution in [2.45, 2.75) is 11.8 Å². The van der Waals surface area contributed by atoms with Gasteiger partial charge in [-0.3, -0.25) is 0 Å². The van der Waals surface area contributed by atoms with Crippen LogP contribution in [0, 0.1) is 11.8 Å². The van der Waals surface area contributed by atoms with E-state index in [1.54, 1.807) is 28.6 Å². The van der Waals surface area contributed by atoms with E-state index >= 15 is 0 Å². The maximum atomic E-state index is 12.6. The van der Waals surface area contributed by atoms with Crippen LogP contribution >= 0.6 is 0 Å². The summed E-state index contributed by atoms with van der Waals surface area (Å²) >= 11 is 0. The predicted molar refractivity (Wildman–Crippen MR) is 76.2 cm³/mol. The molecule has 0 aliphatic carbocycles. The third-order valence-corrected chi connectivity index (χ3v) is 5.97. The highest BCUT2D eigenvalue weighted by Gasteiger charge is 2.41. The highest BCUT2D eigenvalue weighted by atomic mass is 32.2. The first-order chi connectivity index (χ1) is 9.61. The van der Waals surface area contributed by atoms with Crippen molar-refractivity contribution >= 4 is 10.0 Å². The fraction of sp³-hybridized carbons (Fsp3) is 0.571. The molecular formula is C14H20N2O3S. The minimum absolute atomic E-state index is 0.355. The fourth-order valence-corrected chi connectivity index (χ4v) is 4.59. The van der Waals surface area contributed by atoms with Crippen LogP contribution in [0.25, 0.3) is 0 Å². The molecule has 1 N–H and O–H groups in total. The van der Waals surface area contributed by atoms with E-state index in [9.17, 15) is 8.42 Å². The van der Waals surface area contributed by atoms with E-state index in [1.807, 2.05) is 6.92 Å². The van der Waals surface area contributed by atoms with Gasteiger partial charge in [-0.05, 0) is 56.1 Å². The molecule has 3 rings (SSSR count). The number of nitrogens with one attached hydrogen (secondary N) is 1. The van der Waals surface area contributed by atoms with Gasteiger partial charge in [-0.15, -0.1) is 0 Å². The largest absolute Gasteiger partial charge is 0.494 e. The zero-order valence-electron chi connectivity index (χ0n) is 11.6. The van der Waals surface area contributed by atoms with Gasteiger partial charge in [0.15, 0.2) is 0 Å². The number of fused-ring (bicyclic) bond motifs is 1. The minimum Gasteiger partial charge on any atom is -0.494 e. The van der Waals surface area contributed by atoms with Crippen LogP contribution in [0.1, 0.15) is 6.92 Å². The molecule has 0 saturated carbocycles. The van der Waals surface area contributed by atoms with Crippen LogP contribution in [0.5, 0.6) is 5.75 Å². The maximum Gasteiger partial charge on any atom is 0.243 e. The van der Waals surface area contributed by atoms with Gasteiger partial charge in [-0.25, -0.2) is 8.42 Å². The topological polar surface area (TPSA) is 58.6 Å². The first-order valence-electron chi connectivity index (χ1n) is 7.05. The van der Waals surface area contributed by atoms with Crippen LogP contribution < -0.4 is 10.1 Å². The number of nitrogens with zero attached hydrogens (tertiary/aromatic N) is 1. The van der Waals surface area contributed by atoms with Gasteiger partial charge in [-0.2, -0.15) is 4.31 Å². The Morgan fingerprint density at radius 1 is 1.20 bits per heavy atom. The van der Waals surface area contributed by atoms with E-state index < -0.39 is 10.0 Å². The van der Waals surface area contributed by atoms with Crippen LogP contribution in [-0.4, -0.2) is 45.5 Å². The molecule has 2 aliphatic rings. The first-order valence-corrected chi connectivity index (χ1v) is 8.49. The lowest BCUT2D eigenvalue weighted by molar-refractivity contribution is 0.340. The Morgan fingerprint density at radius 2 is 1.80 bits per heavy atom. The molecule has 2 fully saturated rings. The number of sulfonamides is 1. The standard InChI is InChI=1S/C14H20N2O3S/c1-2-19-13-3-5-14(6-4-13)20(17,18)16-9-11-7-15-8-12(11)10-16/h3-6,11-12,15H,2,7-10H2,1H3. The van der Waals surface area contributed by atoms with Gasteiger partial charge in [-0.1, -0.05) is 0 Å². The molecule has 20 heavy (non-hydrogen) atoms. The van der Waals surface area contributed by atoms with Crippen molar-refractivity contribution in [3.8, 4) is 5.75 Å². The van der Waals surface area contributed by atoms with Crippen molar-refractivity contribution in [1.29, 1.82) is 0 Å². The van der Waals surface area contributed by atoms with Gasteiger partial charge in [0.25, 0.3) is 0 Å². The lowest BCUT2D eigenvalue weighted by atomic mass is 10.0. The first kappa shape index (κ1) is 13.9. The van der Waals surface area contributed by atoms with Crippen LogP contribution in [0.3, 0.4) is 0 Å². The smallest absolute Gasteiger partial charge is 0.243 e. The molecule has 0 bridgehead atoms. The van der Waals surface area contributed by atoms with Gasteiger partial charge >= 0.3 is 0 Å². The zero-order chi connectivity index (χ0) is 14.2. The van der Waals surface area contributed by atoms with Gasteiger partial charge in [0.2, 0.25) is 10.0 Å². The second kappa shape index (κ2) is 5.35. The van der Waals surface area contributed by atoms with Crippen molar-refractivity contribution in [2.24, 2.45) is 11.8 Å². The Hall–Kier alpha value is -1.11. The summed E-state index contributed by atoms with van der Waals surface area (Å²) in [5, 5.41) is 3.32. The normalized spacial score (nSPS) is 26.6. The van der Waals surface area contributed by atoms with Crippen LogP contribution in [0.4, 0.5) is 0 Å². The van der Waals surface area contributed by atoms with Crippen molar-refractivity contribution in [1.82, 2.24) is 9.62 Å². The summed E-state index contributed by atoms with van der Waals surface area (Å²) in [5.41, 5.74) is 0. The summed E-state index contributed by atoms with van der Waals surface area (Å²) in [7, 11) is -3.36. The molecule has 2 saturated heterocycles. The molecule has 2 atom stereocenters. The Morgan fingerprint density at radius 3 is 2.35 bits per heavy atom. The van der Waals surface area contributed by atoms with Crippen molar-refractivity contribution in [3.05, 3.63) is 24.3 Å². The summed E-state index contributed by atoms with van der Waals surface area (Å²) in [6.45, 7) is 5.61. The van der Waals surface area contributed by atoms with E-state index in [2.05, 4.69) is 5.32 Å². The van der Waals surface area contributed by atoms with Gasteiger partial charge in [0, 0.05) is 13.1 Å². The molecule has 110 valence electrons. The molecule has 0 radical (unpaired) electrons. The molecule has 1 aromatic rings. The quantitative estimate of drug-likeness (QED) is 0.898. The lowest BCUT2D eigenvalue weighted by Gasteiger charge is -2.17. The van der Waals surface area contributed by atoms with Crippen LogP contribution in [0.2, 0.25) is 0 Å². The fourth-order valence-electron chi connectivity index (χ4n) is 3.03. The van der Waals surface area contributed by atoms with E-state index in [0.29, 0.717) is 42.2 Å². The summed E-state index contributed by atoms with van der Waals surface area (Å²) in [5.74, 6) is 1.63. The minimum atomic E-state index is -3.36. The summed E-state index contributed by atoms with van der Waals surface area (Å²) < 4.78 is 32.2. The molecule has 0 aromatic heterocycles. The second-order valence-electron chi connectivity index (χ2n) is 5.40. The predicted octanol–water partition coefficient (Wildman–Crippen LogP) is 0.925. The summed E-state index contributed by atoms with van der Waals surface area (Å²) in [4.78, 5) is 0.355. The second-order valence-corrected chi connectivity index (χ2v) is 7.34. The highest BCUT2D eigenvalue weighted by Crippen LogP contribution is 2.31. The number of hydrogen-bond donors (Lipinski definition) is 1. The molecule has 0 spiro atoms. The van der Waals surface area contributed by atoms with Crippen molar-refractivity contribution < 1.29 is 13.2 Å². The van der Waals surface area contributed by atoms with E-state index in [0.717, 1.165) is 13.1 Å². The molecular weight excluding hydrogens is 276 g/mol. The number of ether oxygens (including phenoxy) is 1. The Kier molecular flexibility index (Phi) is 3.70. The number of benzene rings is 1. The van der Waals surface area contributed by atoms with E-state index in [1.165, 1.54) is 0 Å². The van der Waals surface area contributed by atoms with Crippen molar-refractivity contribution in [2.75, 3.05) is 32.8 Å². The molecule has 6 heteroatoms. The zero-order valence-corrected chi connectivity index (χ0v) is 12.4. The molecule has 5 nitrogen and oxygen atoms in total. The average Bonchev–Trinajstić information content (AvgIpc) is 3.00. The van der Waals surface area contributed by atoms with E-state index in [-0.39, 0.29) is 0 Å². The van der Waals surface area contributed by atoms with Crippen molar-refractivity contribution in [3.63, 3.8) is 0 Å². The molecule has 2 aliphatic heterocycles. The third-order valence-electron chi connectivity index (χ3n) is 4.13.